The van der Waals surface area contributed by atoms with Crippen LogP contribution < -0.4 is 5.32 Å². The first-order valence-corrected chi connectivity index (χ1v) is 6.14. The van der Waals surface area contributed by atoms with Gasteiger partial charge in [-0.25, -0.2) is 9.97 Å². The van der Waals surface area contributed by atoms with Crippen molar-refractivity contribution in [1.29, 1.82) is 0 Å². The van der Waals surface area contributed by atoms with Crippen molar-refractivity contribution in [2.45, 2.75) is 20.8 Å². The molecule has 2 heterocycles. The van der Waals surface area contributed by atoms with Crippen molar-refractivity contribution in [3.05, 3.63) is 36.4 Å². The third-order valence-corrected chi connectivity index (χ3v) is 2.57. The second-order valence-electron chi connectivity index (χ2n) is 4.75. The van der Waals surface area contributed by atoms with Gasteiger partial charge in [0.25, 0.3) is 0 Å². The molecule has 0 saturated heterocycles. The van der Waals surface area contributed by atoms with Crippen LogP contribution in [0.3, 0.4) is 0 Å². The van der Waals surface area contributed by atoms with Crippen LogP contribution in [0.5, 0.6) is 0 Å². The van der Waals surface area contributed by atoms with Crippen LogP contribution in [0, 0.1) is 12.8 Å². The van der Waals surface area contributed by atoms with Crippen LogP contribution in [0.4, 0.5) is 5.82 Å². The lowest BCUT2D eigenvalue weighted by atomic mass is 10.2. The van der Waals surface area contributed by atoms with Gasteiger partial charge in [-0.2, -0.15) is 0 Å². The van der Waals surface area contributed by atoms with Crippen molar-refractivity contribution in [3.8, 4) is 11.3 Å². The van der Waals surface area contributed by atoms with E-state index in [1.807, 2.05) is 31.3 Å². The lowest BCUT2D eigenvalue weighted by Gasteiger charge is -2.08. The van der Waals surface area contributed by atoms with Crippen LogP contribution in [0.15, 0.2) is 30.7 Å². The zero-order valence-electron chi connectivity index (χ0n) is 11.0. The molecule has 2 aromatic rings. The summed E-state index contributed by atoms with van der Waals surface area (Å²) in [5.41, 5.74) is 2.91. The number of aryl methyl sites for hydroxylation is 1. The third kappa shape index (κ3) is 3.26. The summed E-state index contributed by atoms with van der Waals surface area (Å²) >= 11 is 0. The molecule has 2 rings (SSSR count). The van der Waals surface area contributed by atoms with E-state index in [0.717, 1.165) is 29.3 Å². The zero-order valence-corrected chi connectivity index (χ0v) is 11.0. The monoisotopic (exact) mass is 242 g/mol. The molecule has 0 aliphatic carbocycles. The molecule has 0 fully saturated rings. The summed E-state index contributed by atoms with van der Waals surface area (Å²) in [6.07, 6.45) is 3.42. The molecule has 2 aromatic heterocycles. The fraction of sp³-hybridized carbons (Fsp3) is 0.357. The summed E-state index contributed by atoms with van der Waals surface area (Å²) in [5, 5.41) is 3.29. The fourth-order valence-electron chi connectivity index (χ4n) is 1.54. The molecular formula is C14H18N4. The molecular weight excluding hydrogens is 224 g/mol. The number of aromatic nitrogens is 3. The second-order valence-corrected chi connectivity index (χ2v) is 4.75. The predicted molar refractivity (Wildman–Crippen MR) is 73.3 cm³/mol. The quantitative estimate of drug-likeness (QED) is 0.895. The van der Waals surface area contributed by atoms with E-state index in [1.54, 1.807) is 6.33 Å². The topological polar surface area (TPSA) is 50.7 Å². The van der Waals surface area contributed by atoms with Crippen LogP contribution in [-0.4, -0.2) is 21.5 Å². The summed E-state index contributed by atoms with van der Waals surface area (Å²) in [6.45, 7) is 7.21. The van der Waals surface area contributed by atoms with E-state index in [4.69, 9.17) is 0 Å². The number of nitrogens with one attached hydrogen (secondary N) is 1. The minimum Gasteiger partial charge on any atom is -0.370 e. The van der Waals surface area contributed by atoms with Crippen LogP contribution in [0.1, 0.15) is 19.5 Å². The molecule has 0 unspecified atom stereocenters. The van der Waals surface area contributed by atoms with Crippen LogP contribution in [-0.2, 0) is 0 Å². The minimum absolute atomic E-state index is 0.587. The average molecular weight is 242 g/mol. The fourth-order valence-corrected chi connectivity index (χ4v) is 1.54. The van der Waals surface area contributed by atoms with Gasteiger partial charge in [-0.1, -0.05) is 13.8 Å². The highest BCUT2D eigenvalue weighted by Gasteiger charge is 2.02. The Kier molecular flexibility index (Phi) is 3.87. The summed E-state index contributed by atoms with van der Waals surface area (Å²) in [7, 11) is 0. The lowest BCUT2D eigenvalue weighted by Crippen LogP contribution is -2.09. The molecule has 0 amide bonds. The molecule has 0 spiro atoms. The maximum atomic E-state index is 4.28. The Morgan fingerprint density at radius 2 is 2.00 bits per heavy atom. The highest BCUT2D eigenvalue weighted by Crippen LogP contribution is 2.17. The Labute approximate surface area is 108 Å². The van der Waals surface area contributed by atoms with Crippen LogP contribution >= 0.6 is 0 Å². The predicted octanol–water partition coefficient (Wildman–Crippen LogP) is 2.91. The van der Waals surface area contributed by atoms with Crippen molar-refractivity contribution >= 4 is 5.82 Å². The Balaban J connectivity index is 2.18. The molecule has 0 aliphatic rings. The molecule has 0 aliphatic heterocycles. The Hall–Kier alpha value is -1.97. The zero-order chi connectivity index (χ0) is 13.0. The van der Waals surface area contributed by atoms with Gasteiger partial charge in [0, 0.05) is 30.1 Å². The molecule has 0 radical (unpaired) electrons. The largest absolute Gasteiger partial charge is 0.370 e. The van der Waals surface area contributed by atoms with Gasteiger partial charge >= 0.3 is 0 Å². The molecule has 18 heavy (non-hydrogen) atoms. The third-order valence-electron chi connectivity index (χ3n) is 2.57. The van der Waals surface area contributed by atoms with Gasteiger partial charge in [0.2, 0.25) is 0 Å². The number of nitrogens with zero attached hydrogens (tertiary/aromatic N) is 3. The van der Waals surface area contributed by atoms with E-state index in [9.17, 15) is 0 Å². The molecule has 0 saturated carbocycles. The number of rotatable bonds is 4. The van der Waals surface area contributed by atoms with Crippen LogP contribution in [0.25, 0.3) is 11.3 Å². The number of pyridine rings is 1. The van der Waals surface area contributed by atoms with Gasteiger partial charge in [-0.3, -0.25) is 4.98 Å². The number of anilines is 1. The van der Waals surface area contributed by atoms with E-state index in [0.29, 0.717) is 5.92 Å². The van der Waals surface area contributed by atoms with Gasteiger partial charge in [0.15, 0.2) is 0 Å². The van der Waals surface area contributed by atoms with Crippen molar-refractivity contribution in [2.24, 2.45) is 5.92 Å². The first-order valence-electron chi connectivity index (χ1n) is 6.14. The first kappa shape index (κ1) is 12.5. The van der Waals surface area contributed by atoms with E-state index in [1.165, 1.54) is 0 Å². The van der Waals surface area contributed by atoms with E-state index in [2.05, 4.69) is 34.1 Å². The molecule has 4 heteroatoms. The first-order chi connectivity index (χ1) is 8.65. The number of hydrogen-bond acceptors (Lipinski definition) is 4. The summed E-state index contributed by atoms with van der Waals surface area (Å²) in [4.78, 5) is 12.8. The standard InChI is InChI=1S/C14H18N4/c1-10(2)7-16-14-6-13(17-9-18-14)12-5-4-11(3)15-8-12/h4-6,8-10H,7H2,1-3H3,(H,16,17,18). The van der Waals surface area contributed by atoms with Crippen molar-refractivity contribution < 1.29 is 0 Å². The lowest BCUT2D eigenvalue weighted by molar-refractivity contribution is 0.687. The van der Waals surface area contributed by atoms with Gasteiger partial charge < -0.3 is 5.32 Å². The highest BCUT2D eigenvalue weighted by atomic mass is 15.0. The smallest absolute Gasteiger partial charge is 0.129 e. The average Bonchev–Trinajstić information content (AvgIpc) is 2.37. The highest BCUT2D eigenvalue weighted by molar-refractivity contribution is 5.61. The maximum absolute atomic E-state index is 4.28. The van der Waals surface area contributed by atoms with Crippen LogP contribution in [0.2, 0.25) is 0 Å². The van der Waals surface area contributed by atoms with Gasteiger partial charge in [0.05, 0.1) is 5.69 Å². The van der Waals surface area contributed by atoms with Crippen molar-refractivity contribution in [3.63, 3.8) is 0 Å². The Morgan fingerprint density at radius 1 is 1.17 bits per heavy atom. The maximum Gasteiger partial charge on any atom is 0.129 e. The van der Waals surface area contributed by atoms with Gasteiger partial charge in [0.1, 0.15) is 12.1 Å². The molecule has 0 aromatic carbocycles. The summed E-state index contributed by atoms with van der Waals surface area (Å²) in [5.74, 6) is 1.44. The number of hydrogen-bond donors (Lipinski definition) is 1. The molecule has 0 bridgehead atoms. The molecule has 1 N–H and O–H groups in total. The summed E-state index contributed by atoms with van der Waals surface area (Å²) in [6, 6.07) is 5.96. The van der Waals surface area contributed by atoms with Crippen molar-refractivity contribution in [2.75, 3.05) is 11.9 Å². The van der Waals surface area contributed by atoms with E-state index in [-0.39, 0.29) is 0 Å². The molecule has 0 atom stereocenters. The van der Waals surface area contributed by atoms with E-state index < -0.39 is 0 Å². The summed E-state index contributed by atoms with van der Waals surface area (Å²) < 4.78 is 0. The van der Waals surface area contributed by atoms with Gasteiger partial charge in [-0.15, -0.1) is 0 Å². The van der Waals surface area contributed by atoms with Crippen molar-refractivity contribution in [1.82, 2.24) is 15.0 Å². The van der Waals surface area contributed by atoms with E-state index >= 15 is 0 Å². The SMILES string of the molecule is Cc1ccc(-c2cc(NCC(C)C)ncn2)cn1. The second kappa shape index (κ2) is 5.58. The molecule has 94 valence electrons. The minimum atomic E-state index is 0.587. The Morgan fingerprint density at radius 3 is 2.67 bits per heavy atom. The Bertz CT molecular complexity index is 505. The normalized spacial score (nSPS) is 10.7. The molecule has 4 nitrogen and oxygen atoms in total. The van der Waals surface area contributed by atoms with Gasteiger partial charge in [-0.05, 0) is 25.0 Å².